The number of carbonyl (C=O) groups excluding carboxylic acids is 2. The van der Waals surface area contributed by atoms with Crippen LogP contribution in [0.25, 0.3) is 50.9 Å². The van der Waals surface area contributed by atoms with Crippen molar-refractivity contribution >= 4 is 115 Å². The fourth-order valence-corrected chi connectivity index (χ4v) is 16.7. The van der Waals surface area contributed by atoms with Crippen molar-refractivity contribution in [3.8, 4) is 5.75 Å². The number of aromatic nitrogens is 3. The van der Waals surface area contributed by atoms with E-state index in [-0.39, 0.29) is 75.3 Å². The lowest BCUT2D eigenvalue weighted by Gasteiger charge is -2.20. The summed E-state index contributed by atoms with van der Waals surface area (Å²) < 4.78 is 36.1. The van der Waals surface area contributed by atoms with Crippen LogP contribution in [-0.4, -0.2) is 63.1 Å². The molecule has 0 saturated heterocycles. The van der Waals surface area contributed by atoms with Gasteiger partial charge < -0.3 is 85.0 Å². The number of fused-ring (bicyclic) bond motifs is 6. The Bertz CT molecular complexity index is 5340. The van der Waals surface area contributed by atoms with E-state index in [1.54, 1.807) is 23.5 Å². The van der Waals surface area contributed by atoms with Gasteiger partial charge in [0.2, 0.25) is 16.6 Å². The van der Waals surface area contributed by atoms with E-state index in [0.29, 0.717) is 45.8 Å². The molecule has 12 nitrogen and oxygen atoms in total. The molecule has 0 saturated carbocycles. The average Bonchev–Trinajstić information content (AvgIpc) is 1.73. The number of halogens is 4. The third-order valence-corrected chi connectivity index (χ3v) is 22.0. The minimum atomic E-state index is -0.223. The lowest BCUT2D eigenvalue weighted by molar-refractivity contribution is -0.672. The number of aliphatic hydroxyl groups excluding tert-OH is 1. The summed E-state index contributed by atoms with van der Waals surface area (Å²) >= 11 is 5.30. The number of ether oxygens (including phenoxy) is 3. The van der Waals surface area contributed by atoms with Crippen LogP contribution in [0.2, 0.25) is 0 Å². The number of carbonyl (C=O) groups is 2. The quantitative estimate of drug-likeness (QED) is 0.0412. The molecule has 12 aromatic rings. The van der Waals surface area contributed by atoms with E-state index in [1.807, 2.05) is 105 Å². The largest absolute Gasteiger partial charge is 1.00 e. The minimum absolute atomic E-state index is 0. The fourth-order valence-electron chi connectivity index (χ4n) is 13.4. The molecule has 6 heterocycles. The Morgan fingerprint density at radius 1 is 0.420 bits per heavy atom. The fraction of sp³-hybridized carbons (Fsp3) is 0.172. The molecular formula is C93H88Br3FN6O6S3. The highest BCUT2D eigenvalue weighted by Crippen LogP contribution is 2.48. The maximum atomic E-state index is 13.3. The number of rotatable bonds is 26. The minimum Gasteiger partial charge on any atom is -1.00 e. The number of aliphatic hydroxyl groups is 1. The molecule has 0 radical (unpaired) electrons. The second-order valence-corrected chi connectivity index (χ2v) is 29.1. The van der Waals surface area contributed by atoms with Crippen LogP contribution in [0, 0.1) is 5.82 Å². The Hall–Kier alpha value is -9.83. The van der Waals surface area contributed by atoms with Crippen molar-refractivity contribution < 1.29 is 97.9 Å². The molecule has 19 heteroatoms. The van der Waals surface area contributed by atoms with E-state index in [2.05, 4.69) is 259 Å². The van der Waals surface area contributed by atoms with Crippen LogP contribution in [0.3, 0.4) is 0 Å². The second-order valence-electron chi connectivity index (χ2n) is 25.9. The topological polar surface area (TPSA) is 103 Å². The molecule has 0 bridgehead atoms. The van der Waals surface area contributed by atoms with Gasteiger partial charge in [-0.1, -0.05) is 193 Å². The number of benzene rings is 9. The van der Waals surface area contributed by atoms with Gasteiger partial charge >= 0.3 is 11.9 Å². The highest BCUT2D eigenvalue weighted by molar-refractivity contribution is 8.04. The summed E-state index contributed by atoms with van der Waals surface area (Å²) in [5, 5.41) is 16.4. The molecule has 1 N–H and O–H groups in total. The number of thioether (sulfide) groups is 3. The van der Waals surface area contributed by atoms with Gasteiger partial charge in [-0.15, -0.1) is 0 Å². The molecule has 572 valence electrons. The van der Waals surface area contributed by atoms with Crippen molar-refractivity contribution in [3.63, 3.8) is 0 Å². The monoisotopic (exact) mass is 1740 g/mol. The predicted octanol–water partition coefficient (Wildman–Crippen LogP) is 10.8. The van der Waals surface area contributed by atoms with Gasteiger partial charge in [-0.2, -0.15) is 13.7 Å². The third kappa shape index (κ3) is 22.3. The molecule has 9 aromatic carbocycles. The molecule has 0 atom stereocenters. The zero-order valence-electron chi connectivity index (χ0n) is 62.4. The van der Waals surface area contributed by atoms with Gasteiger partial charge in [0.1, 0.15) is 24.8 Å². The SMILES string of the molecule is C(=Cc1cc[n+](Cc2ccccc2)c2ccccc12)C=C1Sc2ccccc2N1CCOc1ccccc1.CCOC(=O)CCCN1C(=CC=Cc2cc[n+](CCO)c3ccccc23)Sc2ccccc21.CCOC(=O)CCCN1C(=CC=Cc2cc[n+](Cc3ccc(F)cc3)c3ccccc23)Sc2ccccc21.[Br-].[Br-].[Br-]. The molecule has 0 fully saturated rings. The van der Waals surface area contributed by atoms with Gasteiger partial charge in [0, 0.05) is 88.1 Å². The first-order valence-electron chi connectivity index (χ1n) is 37.1. The Balaban J connectivity index is 0.000000176. The first-order chi connectivity index (χ1) is 53.7. The highest BCUT2D eigenvalue weighted by atomic mass is 79.9. The standard InChI is InChI=1S/C34H29N2OS.C32H30FN2O2S.C27H29N2O3S.3BrH/c1-3-12-27(13-4-1)26-35-23-22-28(30-17-7-8-18-31(30)35)14-11-21-34-36(32-19-9-10-20-33(32)38-34)24-25-37-29-15-5-2-6-16-29;1-2-37-32(36)15-8-21-35-29-12-5-6-13-30(29)38-31(35)14-7-9-25-20-22-34(28-11-4-3-10-27(25)28)23-24-16-18-26(33)19-17-24;1-2-32-27(31)15-8-17-29-24-12-5-6-13-25(24)33-26(29)14-7-9-21-16-18-28(19-20-30)23-11-4-3-10-22(21)23;;;/h1-23H,24-26H2;3-7,9-14,16-20,22H,2,8,15,21,23H2,1H3;3-7,9-14,16,18,30H,2,8,15,17,19-20H2,1H3;3*1H/q3*+1;;;/p-3. The van der Waals surface area contributed by atoms with Crippen molar-refractivity contribution in [2.75, 3.05) is 60.8 Å². The van der Waals surface area contributed by atoms with Crippen LogP contribution in [0.15, 0.2) is 334 Å². The van der Waals surface area contributed by atoms with Crippen molar-refractivity contribution in [2.45, 2.75) is 73.9 Å². The van der Waals surface area contributed by atoms with E-state index in [4.69, 9.17) is 14.2 Å². The van der Waals surface area contributed by atoms with E-state index >= 15 is 0 Å². The van der Waals surface area contributed by atoms with Crippen molar-refractivity contribution in [1.82, 2.24) is 0 Å². The molecule has 0 amide bonds. The second kappa shape index (κ2) is 43.3. The zero-order valence-corrected chi connectivity index (χ0v) is 69.6. The highest BCUT2D eigenvalue weighted by Gasteiger charge is 2.28. The van der Waals surface area contributed by atoms with E-state index in [1.165, 1.54) is 70.9 Å². The molecule has 3 aliphatic heterocycles. The molecule has 15 rings (SSSR count). The summed E-state index contributed by atoms with van der Waals surface area (Å²) in [5.74, 6) is 0.390. The number of allylic oxidation sites excluding steroid dienone is 6. The summed E-state index contributed by atoms with van der Waals surface area (Å²) in [6, 6.07) is 84.2. The summed E-state index contributed by atoms with van der Waals surface area (Å²) in [6.45, 7) is 9.62. The number of hydrogen-bond acceptors (Lipinski definition) is 12. The number of nitrogens with zero attached hydrogens (tertiary/aromatic N) is 6. The lowest BCUT2D eigenvalue weighted by Crippen LogP contribution is -3.00. The van der Waals surface area contributed by atoms with E-state index in [9.17, 15) is 19.1 Å². The molecule has 112 heavy (non-hydrogen) atoms. The van der Waals surface area contributed by atoms with Crippen LogP contribution in [0.5, 0.6) is 5.75 Å². The summed E-state index contributed by atoms with van der Waals surface area (Å²) in [4.78, 5) is 34.2. The summed E-state index contributed by atoms with van der Waals surface area (Å²) in [6.07, 6.45) is 27.9. The van der Waals surface area contributed by atoms with Gasteiger partial charge in [0.25, 0.3) is 0 Å². The number of anilines is 3. The van der Waals surface area contributed by atoms with Gasteiger partial charge in [-0.05, 0) is 153 Å². The third-order valence-electron chi connectivity index (χ3n) is 18.6. The molecule has 0 aliphatic carbocycles. The first kappa shape index (κ1) is 84.6. The summed E-state index contributed by atoms with van der Waals surface area (Å²) in [7, 11) is 0. The van der Waals surface area contributed by atoms with Gasteiger partial charge in [0.05, 0.1) is 68.1 Å². The Morgan fingerprint density at radius 2 is 0.777 bits per heavy atom. The van der Waals surface area contributed by atoms with Crippen LogP contribution in [-0.2, 0) is 38.7 Å². The normalized spacial score (nSPS) is 13.7. The first-order valence-corrected chi connectivity index (χ1v) is 39.5. The number of hydrogen-bond donors (Lipinski definition) is 1. The maximum Gasteiger partial charge on any atom is 0.305 e. The van der Waals surface area contributed by atoms with Crippen molar-refractivity contribution in [2.24, 2.45) is 0 Å². The molecule has 0 unspecified atom stereocenters. The number of pyridine rings is 3. The molecule has 3 aliphatic rings. The van der Waals surface area contributed by atoms with E-state index in [0.717, 1.165) is 93.3 Å². The van der Waals surface area contributed by atoms with Gasteiger partial charge in [-0.25, -0.2) is 4.39 Å². The smallest absolute Gasteiger partial charge is 0.305 e. The molecule has 0 spiro atoms. The van der Waals surface area contributed by atoms with Gasteiger partial charge in [-0.3, -0.25) is 9.59 Å². The predicted molar refractivity (Wildman–Crippen MR) is 445 cm³/mol. The number of para-hydroxylation sites is 7. The summed E-state index contributed by atoms with van der Waals surface area (Å²) in [5.41, 5.74) is 12.9. The Kier molecular flexibility index (Phi) is 32.7. The van der Waals surface area contributed by atoms with E-state index < -0.39 is 0 Å². The maximum absolute atomic E-state index is 13.3. The van der Waals surface area contributed by atoms with Crippen molar-refractivity contribution in [1.29, 1.82) is 0 Å². The molecular weight excluding hydrogens is 1650 g/mol. The Morgan fingerprint density at radius 3 is 1.20 bits per heavy atom. The van der Waals surface area contributed by atoms with Crippen LogP contribution in [0.4, 0.5) is 21.5 Å². The van der Waals surface area contributed by atoms with Crippen LogP contribution < -0.4 is 84.1 Å². The Labute approximate surface area is 700 Å². The average molecular weight is 1740 g/mol. The lowest BCUT2D eigenvalue weighted by atomic mass is 10.1. The molecule has 3 aromatic heterocycles. The van der Waals surface area contributed by atoms with Crippen LogP contribution >= 0.6 is 35.3 Å². The van der Waals surface area contributed by atoms with Crippen LogP contribution in [0.1, 0.15) is 67.3 Å². The van der Waals surface area contributed by atoms with Crippen molar-refractivity contribution in [3.05, 3.63) is 352 Å². The number of esters is 2. The van der Waals surface area contributed by atoms with Gasteiger partial charge in [0.15, 0.2) is 38.2 Å². The zero-order chi connectivity index (χ0) is 74.9.